The minimum absolute atomic E-state index is 0.109. The third kappa shape index (κ3) is 2.48. The van der Waals surface area contributed by atoms with E-state index in [4.69, 9.17) is 4.74 Å². The number of carbonyl (C=O) groups is 1. The fourth-order valence-electron chi connectivity index (χ4n) is 2.84. The van der Waals surface area contributed by atoms with Crippen molar-refractivity contribution in [2.45, 2.75) is 64.2 Å². The van der Waals surface area contributed by atoms with Crippen molar-refractivity contribution in [3.63, 3.8) is 0 Å². The van der Waals surface area contributed by atoms with E-state index >= 15 is 0 Å². The van der Waals surface area contributed by atoms with Gasteiger partial charge in [0.05, 0.1) is 6.10 Å². The second kappa shape index (κ2) is 3.62. The first-order chi connectivity index (χ1) is 7.28. The van der Waals surface area contributed by atoms with Gasteiger partial charge in [0.1, 0.15) is 5.60 Å². The van der Waals surface area contributed by atoms with Gasteiger partial charge in [0.2, 0.25) is 0 Å². The van der Waals surface area contributed by atoms with Crippen molar-refractivity contribution in [2.75, 3.05) is 0 Å². The summed E-state index contributed by atoms with van der Waals surface area (Å²) in [7, 11) is 0. The number of aliphatic hydroxyl groups excluding tert-OH is 1. The van der Waals surface area contributed by atoms with Gasteiger partial charge in [0.15, 0.2) is 0 Å². The number of aliphatic hydroxyl groups is 1. The zero-order valence-electron chi connectivity index (χ0n) is 10.2. The van der Waals surface area contributed by atoms with Gasteiger partial charge in [-0.15, -0.1) is 0 Å². The number of carbonyl (C=O) groups excluding carboxylic acids is 1. The second-order valence-corrected chi connectivity index (χ2v) is 6.31. The summed E-state index contributed by atoms with van der Waals surface area (Å²) in [6, 6.07) is 0.238. The van der Waals surface area contributed by atoms with Crippen molar-refractivity contribution >= 4 is 6.09 Å². The lowest BCUT2D eigenvalue weighted by Gasteiger charge is -2.56. The first-order valence-corrected chi connectivity index (χ1v) is 5.96. The van der Waals surface area contributed by atoms with Gasteiger partial charge < -0.3 is 15.2 Å². The number of ether oxygens (including phenoxy) is 1. The molecule has 2 fully saturated rings. The normalized spacial score (nSPS) is 37.5. The Hall–Kier alpha value is -0.770. The highest BCUT2D eigenvalue weighted by molar-refractivity contribution is 5.68. The summed E-state index contributed by atoms with van der Waals surface area (Å²) in [6.07, 6.45) is 3.35. The molecule has 0 aromatic carbocycles. The van der Waals surface area contributed by atoms with Crippen molar-refractivity contribution in [1.82, 2.24) is 5.32 Å². The first kappa shape index (κ1) is 11.7. The van der Waals surface area contributed by atoms with E-state index in [1.165, 1.54) is 0 Å². The van der Waals surface area contributed by atoms with Gasteiger partial charge in [-0.25, -0.2) is 4.79 Å². The van der Waals surface area contributed by atoms with Gasteiger partial charge in [-0.05, 0) is 51.9 Å². The molecular formula is C12H21NO3. The van der Waals surface area contributed by atoms with Crippen LogP contribution in [0.2, 0.25) is 0 Å². The molecule has 0 radical (unpaired) electrons. The third-order valence-electron chi connectivity index (χ3n) is 3.42. The summed E-state index contributed by atoms with van der Waals surface area (Å²) in [4.78, 5) is 11.5. The van der Waals surface area contributed by atoms with Crippen LogP contribution in [0.25, 0.3) is 0 Å². The van der Waals surface area contributed by atoms with E-state index in [1.807, 2.05) is 20.8 Å². The molecule has 0 aliphatic heterocycles. The van der Waals surface area contributed by atoms with Crippen LogP contribution in [0.5, 0.6) is 0 Å². The van der Waals surface area contributed by atoms with Crippen LogP contribution >= 0.6 is 0 Å². The Morgan fingerprint density at radius 2 is 1.88 bits per heavy atom. The summed E-state index contributed by atoms with van der Waals surface area (Å²) in [5.41, 5.74) is -0.0999. The summed E-state index contributed by atoms with van der Waals surface area (Å²) >= 11 is 0. The molecule has 0 aromatic heterocycles. The lowest BCUT2D eigenvalue weighted by molar-refractivity contribution is -0.0966. The van der Waals surface area contributed by atoms with E-state index in [1.54, 1.807) is 0 Å². The summed E-state index contributed by atoms with van der Waals surface area (Å²) in [6.45, 7) is 5.57. The van der Waals surface area contributed by atoms with E-state index in [0.29, 0.717) is 5.41 Å². The topological polar surface area (TPSA) is 58.6 Å². The van der Waals surface area contributed by atoms with E-state index in [9.17, 15) is 9.90 Å². The molecule has 0 heterocycles. The maximum absolute atomic E-state index is 11.5. The molecule has 1 amide bonds. The average Bonchev–Trinajstić information content (AvgIpc) is 1.93. The minimum Gasteiger partial charge on any atom is -0.444 e. The van der Waals surface area contributed by atoms with Crippen LogP contribution < -0.4 is 5.32 Å². The maximum atomic E-state index is 11.5. The molecule has 0 saturated heterocycles. The van der Waals surface area contributed by atoms with E-state index in [-0.39, 0.29) is 18.2 Å². The number of hydrogen-bond donors (Lipinski definition) is 2. The molecule has 16 heavy (non-hydrogen) atoms. The van der Waals surface area contributed by atoms with E-state index in [0.717, 1.165) is 25.7 Å². The largest absolute Gasteiger partial charge is 0.444 e. The number of rotatable bonds is 1. The zero-order chi connectivity index (χ0) is 12.0. The second-order valence-electron chi connectivity index (χ2n) is 6.31. The Labute approximate surface area is 96.4 Å². The molecule has 2 saturated carbocycles. The standard InChI is InChI=1S/C12H21NO3/c1-11(2,3)16-10(15)13-8-4-12(5-8)6-9(14)7-12/h8-9,14H,4-7H2,1-3H3,(H,13,15). The molecule has 2 N–H and O–H groups in total. The fourth-order valence-corrected chi connectivity index (χ4v) is 2.84. The summed E-state index contributed by atoms with van der Waals surface area (Å²) in [5.74, 6) is 0. The molecule has 1 spiro atoms. The van der Waals surface area contributed by atoms with Crippen LogP contribution in [0.3, 0.4) is 0 Å². The number of hydrogen-bond acceptors (Lipinski definition) is 3. The van der Waals surface area contributed by atoms with Gasteiger partial charge in [-0.3, -0.25) is 0 Å². The van der Waals surface area contributed by atoms with Crippen LogP contribution in [-0.4, -0.2) is 28.9 Å². The van der Waals surface area contributed by atoms with Gasteiger partial charge in [-0.1, -0.05) is 0 Å². The molecule has 2 aliphatic rings. The highest BCUT2D eigenvalue weighted by Gasteiger charge is 2.52. The monoisotopic (exact) mass is 227 g/mol. The smallest absolute Gasteiger partial charge is 0.407 e. The predicted octanol–water partition coefficient (Wildman–Crippen LogP) is 1.81. The highest BCUT2D eigenvalue weighted by atomic mass is 16.6. The van der Waals surface area contributed by atoms with Crippen molar-refractivity contribution in [3.05, 3.63) is 0 Å². The average molecular weight is 227 g/mol. The fraction of sp³-hybridized carbons (Fsp3) is 0.917. The first-order valence-electron chi connectivity index (χ1n) is 5.96. The van der Waals surface area contributed by atoms with Gasteiger partial charge in [0, 0.05) is 6.04 Å². The molecule has 4 heteroatoms. The van der Waals surface area contributed by atoms with Crippen molar-refractivity contribution in [2.24, 2.45) is 5.41 Å². The minimum atomic E-state index is -0.432. The molecule has 4 nitrogen and oxygen atoms in total. The Morgan fingerprint density at radius 3 is 2.31 bits per heavy atom. The zero-order valence-corrected chi connectivity index (χ0v) is 10.2. The van der Waals surface area contributed by atoms with Crippen LogP contribution in [0, 0.1) is 5.41 Å². The Balaban J connectivity index is 1.68. The Kier molecular flexibility index (Phi) is 2.65. The molecule has 0 atom stereocenters. The van der Waals surface area contributed by atoms with Crippen molar-refractivity contribution < 1.29 is 14.6 Å². The lowest BCUT2D eigenvalue weighted by Crippen LogP contribution is -2.58. The predicted molar refractivity (Wildman–Crippen MR) is 60.1 cm³/mol. The van der Waals surface area contributed by atoms with E-state index < -0.39 is 5.60 Å². The summed E-state index contributed by atoms with van der Waals surface area (Å²) in [5, 5.41) is 12.1. The molecule has 2 rings (SSSR count). The van der Waals surface area contributed by atoms with Crippen molar-refractivity contribution in [1.29, 1.82) is 0 Å². The third-order valence-corrected chi connectivity index (χ3v) is 3.42. The molecule has 0 unspecified atom stereocenters. The molecule has 2 aliphatic carbocycles. The Bertz CT molecular complexity index is 281. The highest BCUT2D eigenvalue weighted by Crippen LogP contribution is 2.55. The lowest BCUT2D eigenvalue weighted by atomic mass is 9.53. The van der Waals surface area contributed by atoms with Crippen LogP contribution in [0.15, 0.2) is 0 Å². The number of amides is 1. The number of nitrogens with one attached hydrogen (secondary N) is 1. The Morgan fingerprint density at radius 1 is 1.31 bits per heavy atom. The van der Waals surface area contributed by atoms with Crippen LogP contribution in [-0.2, 0) is 4.74 Å². The van der Waals surface area contributed by atoms with Gasteiger partial charge in [0.25, 0.3) is 0 Å². The van der Waals surface area contributed by atoms with Crippen molar-refractivity contribution in [3.8, 4) is 0 Å². The molecule has 92 valence electrons. The molecular weight excluding hydrogens is 206 g/mol. The molecule has 0 bridgehead atoms. The quantitative estimate of drug-likeness (QED) is 0.718. The van der Waals surface area contributed by atoms with Crippen LogP contribution in [0.4, 0.5) is 4.79 Å². The SMILES string of the molecule is CC(C)(C)OC(=O)NC1CC2(CC(O)C2)C1. The maximum Gasteiger partial charge on any atom is 0.407 e. The number of alkyl carbamates (subject to hydrolysis) is 1. The molecule has 0 aromatic rings. The van der Waals surface area contributed by atoms with E-state index in [2.05, 4.69) is 5.32 Å². The van der Waals surface area contributed by atoms with Gasteiger partial charge >= 0.3 is 6.09 Å². The summed E-state index contributed by atoms with van der Waals surface area (Å²) < 4.78 is 5.19. The van der Waals surface area contributed by atoms with Crippen LogP contribution in [0.1, 0.15) is 46.5 Å². The van der Waals surface area contributed by atoms with Gasteiger partial charge in [-0.2, -0.15) is 0 Å².